The fraction of sp³-hybridized carbons (Fsp3) is 0. The molecule has 0 saturated heterocycles. The first kappa shape index (κ1) is 6.77. The zero-order valence-electron chi connectivity index (χ0n) is 3.61. The molecular formula is C3HBr3N2. The van der Waals surface area contributed by atoms with E-state index < -0.39 is 0 Å². The van der Waals surface area contributed by atoms with Gasteiger partial charge in [0.1, 0.15) is 4.60 Å². The minimum atomic E-state index is 0.754. The summed E-state index contributed by atoms with van der Waals surface area (Å²) in [5.74, 6) is 0. The Balaban J connectivity index is 3.14. The molecular weight excluding hydrogens is 304 g/mol. The minimum Gasteiger partial charge on any atom is -0.259 e. The minimum absolute atomic E-state index is 0.754. The summed E-state index contributed by atoms with van der Waals surface area (Å²) >= 11 is 9.58. The van der Waals surface area contributed by atoms with Gasteiger partial charge in [0.2, 0.25) is 0 Å². The van der Waals surface area contributed by atoms with E-state index in [4.69, 9.17) is 0 Å². The Bertz CT molecular complexity index is 175. The van der Waals surface area contributed by atoms with E-state index in [1.165, 1.54) is 0 Å². The van der Waals surface area contributed by atoms with Crippen LogP contribution in [-0.4, -0.2) is 8.58 Å². The lowest BCUT2D eigenvalue weighted by atomic mass is 11.0. The SMILES string of the molecule is Brc1cn(Br)c(Br)n1. The molecule has 8 heavy (non-hydrogen) atoms. The van der Waals surface area contributed by atoms with E-state index in [9.17, 15) is 0 Å². The van der Waals surface area contributed by atoms with Crippen LogP contribution >= 0.6 is 48.0 Å². The second-order valence-electron chi connectivity index (χ2n) is 1.14. The number of hydrogen-bond acceptors (Lipinski definition) is 1. The van der Waals surface area contributed by atoms with Gasteiger partial charge >= 0.3 is 0 Å². The van der Waals surface area contributed by atoms with Gasteiger partial charge in [-0.3, -0.25) is 3.59 Å². The van der Waals surface area contributed by atoms with Crippen LogP contribution in [0.1, 0.15) is 0 Å². The second-order valence-corrected chi connectivity index (χ2v) is 3.43. The van der Waals surface area contributed by atoms with Crippen LogP contribution in [0.25, 0.3) is 0 Å². The standard InChI is InChI=1S/C3HBr3N2/c4-2-1-8(6)3(5)7-2/h1H. The third-order valence-electron chi connectivity index (χ3n) is 0.595. The molecule has 5 heteroatoms. The van der Waals surface area contributed by atoms with E-state index in [1.807, 2.05) is 0 Å². The second kappa shape index (κ2) is 2.49. The van der Waals surface area contributed by atoms with Gasteiger partial charge in [-0.25, -0.2) is 4.98 Å². The van der Waals surface area contributed by atoms with Crippen molar-refractivity contribution in [2.24, 2.45) is 0 Å². The highest BCUT2D eigenvalue weighted by molar-refractivity contribution is 9.12. The quantitative estimate of drug-likeness (QED) is 0.720. The Morgan fingerprint density at radius 3 is 2.25 bits per heavy atom. The maximum absolute atomic E-state index is 3.96. The highest BCUT2D eigenvalue weighted by Crippen LogP contribution is 2.16. The fourth-order valence-corrected chi connectivity index (χ4v) is 1.76. The molecule has 0 saturated carbocycles. The largest absolute Gasteiger partial charge is 0.259 e. The van der Waals surface area contributed by atoms with E-state index in [0.717, 1.165) is 9.34 Å². The first-order valence-electron chi connectivity index (χ1n) is 1.76. The average Bonchev–Trinajstić information content (AvgIpc) is 1.85. The van der Waals surface area contributed by atoms with Gasteiger partial charge in [0.25, 0.3) is 0 Å². The van der Waals surface area contributed by atoms with Gasteiger partial charge in [0.05, 0.1) is 22.3 Å². The summed E-state index contributed by atoms with van der Waals surface area (Å²) in [5, 5.41) is 0. The first-order chi connectivity index (χ1) is 3.70. The Hall–Kier alpha value is 0.650. The van der Waals surface area contributed by atoms with Gasteiger partial charge in [0, 0.05) is 0 Å². The van der Waals surface area contributed by atoms with Crippen molar-refractivity contribution < 1.29 is 0 Å². The maximum atomic E-state index is 3.96. The van der Waals surface area contributed by atoms with Crippen molar-refractivity contribution >= 4 is 48.0 Å². The van der Waals surface area contributed by atoms with Crippen LogP contribution in [0.5, 0.6) is 0 Å². The molecule has 0 aliphatic rings. The monoisotopic (exact) mass is 302 g/mol. The summed E-state index contributed by atoms with van der Waals surface area (Å²) < 4.78 is 3.25. The topological polar surface area (TPSA) is 17.8 Å². The van der Waals surface area contributed by atoms with E-state index in [2.05, 4.69) is 53.0 Å². The van der Waals surface area contributed by atoms with Crippen LogP contribution < -0.4 is 0 Å². The number of aromatic nitrogens is 2. The van der Waals surface area contributed by atoms with Gasteiger partial charge in [-0.15, -0.1) is 0 Å². The van der Waals surface area contributed by atoms with Gasteiger partial charge in [0.15, 0.2) is 4.73 Å². The van der Waals surface area contributed by atoms with E-state index in [-0.39, 0.29) is 0 Å². The van der Waals surface area contributed by atoms with Gasteiger partial charge in [-0.05, 0) is 31.9 Å². The number of halogens is 3. The van der Waals surface area contributed by atoms with Crippen molar-refractivity contribution in [3.8, 4) is 0 Å². The zero-order valence-corrected chi connectivity index (χ0v) is 8.36. The molecule has 0 aliphatic heterocycles. The summed E-state index contributed by atoms with van der Waals surface area (Å²) in [7, 11) is 0. The van der Waals surface area contributed by atoms with Gasteiger partial charge < -0.3 is 0 Å². The summed E-state index contributed by atoms with van der Waals surface area (Å²) in [6.07, 6.45) is 1.80. The lowest BCUT2D eigenvalue weighted by molar-refractivity contribution is 1.18. The zero-order chi connectivity index (χ0) is 6.15. The predicted octanol–water partition coefficient (Wildman–Crippen LogP) is 2.57. The van der Waals surface area contributed by atoms with Crippen LogP contribution in [0, 0.1) is 0 Å². The summed E-state index contributed by atoms with van der Waals surface area (Å²) in [6.45, 7) is 0. The van der Waals surface area contributed by atoms with Crippen molar-refractivity contribution in [2.45, 2.75) is 0 Å². The molecule has 0 bridgehead atoms. The Morgan fingerprint density at radius 1 is 1.50 bits per heavy atom. The molecule has 0 aliphatic carbocycles. The summed E-state index contributed by atoms with van der Waals surface area (Å²) in [5.41, 5.74) is 0. The van der Waals surface area contributed by atoms with Crippen molar-refractivity contribution in [3.05, 3.63) is 15.5 Å². The number of nitrogens with zero attached hydrogens (tertiary/aromatic N) is 2. The third-order valence-corrected chi connectivity index (χ3v) is 2.55. The smallest absolute Gasteiger partial charge is 0.188 e. The molecule has 0 fully saturated rings. The molecule has 0 atom stereocenters. The van der Waals surface area contributed by atoms with Crippen LogP contribution in [0.4, 0.5) is 0 Å². The van der Waals surface area contributed by atoms with Crippen molar-refractivity contribution in [2.75, 3.05) is 0 Å². The molecule has 1 aromatic heterocycles. The Labute approximate surface area is 71.9 Å². The molecule has 1 heterocycles. The van der Waals surface area contributed by atoms with Crippen molar-refractivity contribution in [3.63, 3.8) is 0 Å². The normalized spacial score (nSPS) is 9.88. The van der Waals surface area contributed by atoms with Crippen LogP contribution in [0.2, 0.25) is 0 Å². The number of hydrogen-bond donors (Lipinski definition) is 0. The molecule has 1 rings (SSSR count). The van der Waals surface area contributed by atoms with Crippen LogP contribution in [0.15, 0.2) is 15.5 Å². The molecule has 1 aromatic rings. The molecule has 0 N–H and O–H groups in total. The summed E-state index contributed by atoms with van der Waals surface area (Å²) in [4.78, 5) is 3.96. The van der Waals surface area contributed by atoms with Gasteiger partial charge in [-0.1, -0.05) is 0 Å². The van der Waals surface area contributed by atoms with Gasteiger partial charge in [-0.2, -0.15) is 0 Å². The molecule has 0 aromatic carbocycles. The molecule has 0 radical (unpaired) electrons. The third kappa shape index (κ3) is 1.33. The molecule has 2 nitrogen and oxygen atoms in total. The Morgan fingerprint density at radius 2 is 2.12 bits per heavy atom. The molecule has 44 valence electrons. The summed E-state index contributed by atoms with van der Waals surface area (Å²) in [6, 6.07) is 0. The van der Waals surface area contributed by atoms with Crippen LogP contribution in [0.3, 0.4) is 0 Å². The highest BCUT2D eigenvalue weighted by Gasteiger charge is 1.96. The molecule has 0 amide bonds. The number of rotatable bonds is 0. The average molecular weight is 305 g/mol. The highest BCUT2D eigenvalue weighted by atomic mass is 79.9. The predicted molar refractivity (Wildman–Crippen MR) is 42.0 cm³/mol. The van der Waals surface area contributed by atoms with E-state index in [1.54, 1.807) is 9.79 Å². The van der Waals surface area contributed by atoms with E-state index in [0.29, 0.717) is 0 Å². The lowest BCUT2D eigenvalue weighted by Gasteiger charge is -1.81. The Kier molecular flexibility index (Phi) is 2.11. The first-order valence-corrected chi connectivity index (χ1v) is 4.06. The van der Waals surface area contributed by atoms with Crippen molar-refractivity contribution in [1.82, 2.24) is 8.58 Å². The fourth-order valence-electron chi connectivity index (χ4n) is 0.312. The number of imidazole rings is 1. The maximum Gasteiger partial charge on any atom is 0.188 e. The van der Waals surface area contributed by atoms with Crippen LogP contribution in [-0.2, 0) is 0 Å². The van der Waals surface area contributed by atoms with E-state index >= 15 is 0 Å². The van der Waals surface area contributed by atoms with Crippen molar-refractivity contribution in [1.29, 1.82) is 0 Å². The molecule has 0 spiro atoms. The lowest BCUT2D eigenvalue weighted by Crippen LogP contribution is -1.71. The molecule has 0 unspecified atom stereocenters.